The number of imidazole rings is 1. The minimum atomic E-state index is 0.601. The van der Waals surface area contributed by atoms with Crippen LogP contribution >= 0.6 is 0 Å². The quantitative estimate of drug-likeness (QED) is 0.867. The number of aromatic nitrogens is 2. The van der Waals surface area contributed by atoms with Crippen LogP contribution in [0.1, 0.15) is 17.0 Å². The standard InChI is InChI=1S/C14H20N4/c1-17(11-14-16-7-8-18(14)2)10-13-5-3-12(9-15)4-6-13/h3-8H,9-11,15H2,1-2H3. The third-order valence-electron chi connectivity index (χ3n) is 3.04. The zero-order valence-corrected chi connectivity index (χ0v) is 11.0. The van der Waals surface area contributed by atoms with E-state index in [9.17, 15) is 0 Å². The zero-order chi connectivity index (χ0) is 13.0. The SMILES string of the molecule is CN(Cc1ccc(CN)cc1)Cc1nccn1C. The second-order valence-corrected chi connectivity index (χ2v) is 4.65. The molecule has 0 bridgehead atoms. The van der Waals surface area contributed by atoms with Crippen LogP contribution in [0.4, 0.5) is 0 Å². The average molecular weight is 244 g/mol. The van der Waals surface area contributed by atoms with Gasteiger partial charge < -0.3 is 10.3 Å². The predicted molar refractivity (Wildman–Crippen MR) is 72.7 cm³/mol. The lowest BCUT2D eigenvalue weighted by Gasteiger charge is -2.16. The molecule has 0 saturated carbocycles. The largest absolute Gasteiger partial charge is 0.337 e. The van der Waals surface area contributed by atoms with Gasteiger partial charge in [0.05, 0.1) is 6.54 Å². The number of benzene rings is 1. The third-order valence-corrected chi connectivity index (χ3v) is 3.04. The van der Waals surface area contributed by atoms with Gasteiger partial charge in [-0.05, 0) is 18.2 Å². The first-order chi connectivity index (χ1) is 8.69. The highest BCUT2D eigenvalue weighted by molar-refractivity contribution is 5.22. The number of aryl methyl sites for hydroxylation is 1. The van der Waals surface area contributed by atoms with Gasteiger partial charge in [-0.2, -0.15) is 0 Å². The van der Waals surface area contributed by atoms with Crippen molar-refractivity contribution in [2.24, 2.45) is 12.8 Å². The summed E-state index contributed by atoms with van der Waals surface area (Å²) in [6.07, 6.45) is 3.80. The van der Waals surface area contributed by atoms with E-state index in [1.54, 1.807) is 0 Å². The highest BCUT2D eigenvalue weighted by Gasteiger charge is 2.05. The van der Waals surface area contributed by atoms with E-state index in [1.165, 1.54) is 11.1 Å². The molecule has 2 N–H and O–H groups in total. The van der Waals surface area contributed by atoms with Crippen LogP contribution < -0.4 is 5.73 Å². The van der Waals surface area contributed by atoms with Gasteiger partial charge in [-0.3, -0.25) is 4.90 Å². The van der Waals surface area contributed by atoms with Gasteiger partial charge in [0.25, 0.3) is 0 Å². The maximum absolute atomic E-state index is 5.59. The summed E-state index contributed by atoms with van der Waals surface area (Å²) < 4.78 is 2.05. The normalized spacial score (nSPS) is 11.1. The molecule has 1 heterocycles. The van der Waals surface area contributed by atoms with Crippen molar-refractivity contribution in [2.45, 2.75) is 19.6 Å². The first kappa shape index (κ1) is 12.8. The lowest BCUT2D eigenvalue weighted by Crippen LogP contribution is -2.19. The molecule has 0 fully saturated rings. The van der Waals surface area contributed by atoms with Crippen molar-refractivity contribution in [2.75, 3.05) is 7.05 Å². The summed E-state index contributed by atoms with van der Waals surface area (Å²) >= 11 is 0. The Labute approximate surface area is 108 Å². The highest BCUT2D eigenvalue weighted by atomic mass is 15.1. The minimum Gasteiger partial charge on any atom is -0.337 e. The molecule has 0 aliphatic heterocycles. The summed E-state index contributed by atoms with van der Waals surface area (Å²) in [5.41, 5.74) is 8.05. The van der Waals surface area contributed by atoms with Crippen LogP contribution in [-0.2, 0) is 26.7 Å². The fraction of sp³-hybridized carbons (Fsp3) is 0.357. The molecule has 0 radical (unpaired) electrons. The van der Waals surface area contributed by atoms with Crippen molar-refractivity contribution in [3.8, 4) is 0 Å². The predicted octanol–water partition coefficient (Wildman–Crippen LogP) is 1.51. The molecule has 0 atom stereocenters. The van der Waals surface area contributed by atoms with Crippen LogP contribution in [0.2, 0.25) is 0 Å². The molecule has 0 unspecified atom stereocenters. The molecule has 1 aromatic carbocycles. The van der Waals surface area contributed by atoms with E-state index in [0.29, 0.717) is 6.54 Å². The first-order valence-electron chi connectivity index (χ1n) is 6.11. The lowest BCUT2D eigenvalue weighted by molar-refractivity contribution is 0.307. The summed E-state index contributed by atoms with van der Waals surface area (Å²) in [7, 11) is 4.12. The monoisotopic (exact) mass is 244 g/mol. The van der Waals surface area contributed by atoms with E-state index >= 15 is 0 Å². The van der Waals surface area contributed by atoms with Crippen molar-refractivity contribution in [1.29, 1.82) is 0 Å². The number of rotatable bonds is 5. The number of hydrogen-bond donors (Lipinski definition) is 1. The average Bonchev–Trinajstić information content (AvgIpc) is 2.76. The molecule has 1 aromatic heterocycles. The smallest absolute Gasteiger partial charge is 0.122 e. The summed E-state index contributed by atoms with van der Waals surface area (Å²) in [5.74, 6) is 1.08. The van der Waals surface area contributed by atoms with Gasteiger partial charge in [-0.15, -0.1) is 0 Å². The molecule has 0 aliphatic rings. The van der Waals surface area contributed by atoms with E-state index in [0.717, 1.165) is 18.9 Å². The molecule has 0 saturated heterocycles. The molecule has 0 amide bonds. The fourth-order valence-electron chi connectivity index (χ4n) is 1.94. The van der Waals surface area contributed by atoms with Crippen LogP contribution in [-0.4, -0.2) is 21.5 Å². The van der Waals surface area contributed by atoms with Gasteiger partial charge >= 0.3 is 0 Å². The molecule has 2 rings (SSSR count). The summed E-state index contributed by atoms with van der Waals surface area (Å²) in [6.45, 7) is 2.36. The maximum atomic E-state index is 5.59. The third kappa shape index (κ3) is 3.18. The molecule has 0 aliphatic carbocycles. The van der Waals surface area contributed by atoms with Gasteiger partial charge in [-0.1, -0.05) is 24.3 Å². The highest BCUT2D eigenvalue weighted by Crippen LogP contribution is 2.08. The van der Waals surface area contributed by atoms with E-state index in [2.05, 4.69) is 41.2 Å². The second-order valence-electron chi connectivity index (χ2n) is 4.65. The molecule has 4 heteroatoms. The number of nitrogens with zero attached hydrogens (tertiary/aromatic N) is 3. The Morgan fingerprint density at radius 1 is 1.17 bits per heavy atom. The Hall–Kier alpha value is -1.65. The molecular formula is C14H20N4. The molecule has 18 heavy (non-hydrogen) atoms. The van der Waals surface area contributed by atoms with Crippen molar-refractivity contribution in [3.63, 3.8) is 0 Å². The molecule has 96 valence electrons. The fourth-order valence-corrected chi connectivity index (χ4v) is 1.94. The Bertz CT molecular complexity index is 487. The van der Waals surface area contributed by atoms with Crippen LogP contribution in [0.3, 0.4) is 0 Å². The van der Waals surface area contributed by atoms with E-state index in [1.807, 2.05) is 24.0 Å². The van der Waals surface area contributed by atoms with Crippen molar-refractivity contribution >= 4 is 0 Å². The van der Waals surface area contributed by atoms with Crippen LogP contribution in [0.5, 0.6) is 0 Å². The van der Waals surface area contributed by atoms with Gasteiger partial charge in [0.15, 0.2) is 0 Å². The van der Waals surface area contributed by atoms with Crippen LogP contribution in [0.15, 0.2) is 36.7 Å². The van der Waals surface area contributed by atoms with Gasteiger partial charge in [-0.25, -0.2) is 4.98 Å². The number of nitrogens with two attached hydrogens (primary N) is 1. The van der Waals surface area contributed by atoms with Crippen molar-refractivity contribution in [3.05, 3.63) is 53.6 Å². The Morgan fingerprint density at radius 3 is 2.39 bits per heavy atom. The lowest BCUT2D eigenvalue weighted by atomic mass is 10.1. The number of hydrogen-bond acceptors (Lipinski definition) is 3. The summed E-state index contributed by atoms with van der Waals surface area (Å²) in [4.78, 5) is 6.58. The maximum Gasteiger partial charge on any atom is 0.122 e. The Balaban J connectivity index is 1.94. The van der Waals surface area contributed by atoms with Crippen LogP contribution in [0, 0.1) is 0 Å². The minimum absolute atomic E-state index is 0.601. The molecule has 4 nitrogen and oxygen atoms in total. The van der Waals surface area contributed by atoms with Gasteiger partial charge in [0, 0.05) is 32.5 Å². The van der Waals surface area contributed by atoms with Crippen molar-refractivity contribution < 1.29 is 0 Å². The summed E-state index contributed by atoms with van der Waals surface area (Å²) in [6, 6.07) is 8.45. The van der Waals surface area contributed by atoms with Gasteiger partial charge in [0.1, 0.15) is 5.82 Å². The summed E-state index contributed by atoms with van der Waals surface area (Å²) in [5, 5.41) is 0. The Morgan fingerprint density at radius 2 is 1.83 bits per heavy atom. The second kappa shape index (κ2) is 5.80. The molecule has 2 aromatic rings. The Kier molecular flexibility index (Phi) is 4.12. The zero-order valence-electron chi connectivity index (χ0n) is 11.0. The van der Waals surface area contributed by atoms with E-state index in [-0.39, 0.29) is 0 Å². The molecular weight excluding hydrogens is 224 g/mol. The van der Waals surface area contributed by atoms with Crippen molar-refractivity contribution in [1.82, 2.24) is 14.5 Å². The van der Waals surface area contributed by atoms with E-state index in [4.69, 9.17) is 5.73 Å². The van der Waals surface area contributed by atoms with Gasteiger partial charge in [0.2, 0.25) is 0 Å². The van der Waals surface area contributed by atoms with Crippen LogP contribution in [0.25, 0.3) is 0 Å². The topological polar surface area (TPSA) is 47.1 Å². The molecule has 0 spiro atoms. The first-order valence-corrected chi connectivity index (χ1v) is 6.11. The van der Waals surface area contributed by atoms with E-state index < -0.39 is 0 Å².